The number of nitrogens with zero attached hydrogens (tertiary/aromatic N) is 2. The maximum Gasteiger partial charge on any atom is 0.233 e. The van der Waals surface area contributed by atoms with Crippen molar-refractivity contribution in [1.82, 2.24) is 9.80 Å². The average molecular weight is 318 g/mol. The highest BCUT2D eigenvalue weighted by molar-refractivity contribution is 5.91. The second kappa shape index (κ2) is 5.80. The standard InChI is InChI=1S/C18H26N2O3/c1-19(2)12-17(22)10-11-20(13-17)16(21)18(8-9-18)14-4-6-15(23-3)7-5-14/h4-7,22H,8-13H2,1-3H3/t17-/m1/s1. The van der Waals surface area contributed by atoms with Gasteiger partial charge in [0.1, 0.15) is 5.75 Å². The van der Waals surface area contributed by atoms with E-state index in [-0.39, 0.29) is 11.3 Å². The molecule has 2 aliphatic rings. The lowest BCUT2D eigenvalue weighted by Gasteiger charge is -2.28. The molecule has 0 spiro atoms. The van der Waals surface area contributed by atoms with Crippen LogP contribution in [0.3, 0.4) is 0 Å². The lowest BCUT2D eigenvalue weighted by Crippen LogP contribution is -2.45. The third-order valence-corrected chi connectivity index (χ3v) is 5.03. The van der Waals surface area contributed by atoms with Crippen LogP contribution in [-0.4, -0.2) is 67.3 Å². The molecule has 1 heterocycles. The normalized spacial score (nSPS) is 25.7. The number of carbonyl (C=O) groups excluding carboxylic acids is 1. The molecule has 1 aromatic carbocycles. The first-order valence-electron chi connectivity index (χ1n) is 8.20. The zero-order valence-corrected chi connectivity index (χ0v) is 14.2. The highest BCUT2D eigenvalue weighted by atomic mass is 16.5. The van der Waals surface area contributed by atoms with E-state index in [2.05, 4.69) is 0 Å². The number of carbonyl (C=O) groups is 1. The molecule has 0 radical (unpaired) electrons. The summed E-state index contributed by atoms with van der Waals surface area (Å²) in [6.07, 6.45) is 2.43. The molecule has 126 valence electrons. The molecule has 1 aliphatic heterocycles. The minimum Gasteiger partial charge on any atom is -0.497 e. The van der Waals surface area contributed by atoms with Crippen LogP contribution < -0.4 is 4.74 Å². The highest BCUT2D eigenvalue weighted by Crippen LogP contribution is 2.50. The summed E-state index contributed by atoms with van der Waals surface area (Å²) in [4.78, 5) is 16.9. The van der Waals surface area contributed by atoms with Crippen molar-refractivity contribution in [3.8, 4) is 5.75 Å². The first kappa shape index (κ1) is 16.3. The first-order valence-corrected chi connectivity index (χ1v) is 8.20. The van der Waals surface area contributed by atoms with Crippen molar-refractivity contribution in [2.75, 3.05) is 40.8 Å². The molecule has 1 aliphatic carbocycles. The Morgan fingerprint density at radius 1 is 1.26 bits per heavy atom. The Kier molecular flexibility index (Phi) is 4.10. The third kappa shape index (κ3) is 3.08. The van der Waals surface area contributed by atoms with Gasteiger partial charge in [-0.2, -0.15) is 0 Å². The number of aliphatic hydroxyl groups is 1. The fraction of sp³-hybridized carbons (Fsp3) is 0.611. The number of likely N-dealkylation sites (N-methyl/N-ethyl adjacent to an activating group) is 1. The van der Waals surface area contributed by atoms with Crippen LogP contribution in [0.15, 0.2) is 24.3 Å². The molecule has 0 unspecified atom stereocenters. The molecule has 3 rings (SSSR count). The van der Waals surface area contributed by atoms with Crippen LogP contribution in [0.25, 0.3) is 0 Å². The van der Waals surface area contributed by atoms with Crippen molar-refractivity contribution < 1.29 is 14.6 Å². The number of β-amino-alcohol motifs (C(OH)–C–C–N with tert-alkyl or cyclic N) is 1. The van der Waals surface area contributed by atoms with Gasteiger partial charge in [-0.05, 0) is 51.1 Å². The van der Waals surface area contributed by atoms with Gasteiger partial charge in [0.05, 0.1) is 24.7 Å². The molecule has 1 saturated heterocycles. The van der Waals surface area contributed by atoms with E-state index in [4.69, 9.17) is 4.74 Å². The Morgan fingerprint density at radius 3 is 2.43 bits per heavy atom. The van der Waals surface area contributed by atoms with Crippen LogP contribution in [0.4, 0.5) is 0 Å². The number of rotatable bonds is 5. The number of methoxy groups -OCH3 is 1. The van der Waals surface area contributed by atoms with Crippen LogP contribution in [0.1, 0.15) is 24.8 Å². The lowest BCUT2D eigenvalue weighted by atomic mass is 9.94. The van der Waals surface area contributed by atoms with Crippen LogP contribution in [0.2, 0.25) is 0 Å². The Balaban J connectivity index is 1.73. The molecule has 1 saturated carbocycles. The molecular formula is C18H26N2O3. The van der Waals surface area contributed by atoms with Gasteiger partial charge >= 0.3 is 0 Å². The smallest absolute Gasteiger partial charge is 0.233 e. The summed E-state index contributed by atoms with van der Waals surface area (Å²) in [5.74, 6) is 0.968. The summed E-state index contributed by atoms with van der Waals surface area (Å²) in [7, 11) is 5.53. The van der Waals surface area contributed by atoms with Crippen molar-refractivity contribution in [1.29, 1.82) is 0 Å². The summed E-state index contributed by atoms with van der Waals surface area (Å²) in [6, 6.07) is 7.81. The summed E-state index contributed by atoms with van der Waals surface area (Å²) < 4.78 is 5.19. The van der Waals surface area contributed by atoms with Crippen LogP contribution in [0, 0.1) is 0 Å². The van der Waals surface area contributed by atoms with Crippen LogP contribution in [-0.2, 0) is 10.2 Å². The van der Waals surface area contributed by atoms with E-state index in [1.807, 2.05) is 48.2 Å². The quantitative estimate of drug-likeness (QED) is 0.888. The summed E-state index contributed by atoms with van der Waals surface area (Å²) in [5.41, 5.74) is -0.100. The number of benzene rings is 1. The van der Waals surface area contributed by atoms with Crippen molar-refractivity contribution in [3.05, 3.63) is 29.8 Å². The topological polar surface area (TPSA) is 53.0 Å². The zero-order valence-electron chi connectivity index (χ0n) is 14.2. The number of hydrogen-bond acceptors (Lipinski definition) is 4. The summed E-state index contributed by atoms with van der Waals surface area (Å²) >= 11 is 0. The molecule has 0 bridgehead atoms. The van der Waals surface area contributed by atoms with Gasteiger partial charge in [-0.15, -0.1) is 0 Å². The van der Waals surface area contributed by atoms with Gasteiger partial charge in [0.25, 0.3) is 0 Å². The SMILES string of the molecule is COc1ccc(C2(C(=O)N3CC[C@@](O)(CN(C)C)C3)CC2)cc1. The molecule has 1 amide bonds. The summed E-state index contributed by atoms with van der Waals surface area (Å²) in [5, 5.41) is 10.7. The molecule has 23 heavy (non-hydrogen) atoms. The van der Waals surface area contributed by atoms with E-state index >= 15 is 0 Å². The Hall–Kier alpha value is -1.59. The second-order valence-electron chi connectivity index (χ2n) is 7.25. The van der Waals surface area contributed by atoms with E-state index in [0.717, 1.165) is 24.2 Å². The predicted octanol–water partition coefficient (Wildman–Crippen LogP) is 1.25. The van der Waals surface area contributed by atoms with Crippen molar-refractivity contribution in [2.24, 2.45) is 0 Å². The number of likely N-dealkylation sites (tertiary alicyclic amines) is 1. The molecule has 2 fully saturated rings. The van der Waals surface area contributed by atoms with E-state index in [0.29, 0.717) is 26.1 Å². The Labute approximate surface area is 137 Å². The van der Waals surface area contributed by atoms with Gasteiger partial charge < -0.3 is 19.6 Å². The molecule has 1 N–H and O–H groups in total. The van der Waals surface area contributed by atoms with Crippen molar-refractivity contribution in [2.45, 2.75) is 30.3 Å². The van der Waals surface area contributed by atoms with Crippen LogP contribution in [0.5, 0.6) is 5.75 Å². The van der Waals surface area contributed by atoms with E-state index < -0.39 is 5.60 Å². The number of amides is 1. The largest absolute Gasteiger partial charge is 0.497 e. The summed E-state index contributed by atoms with van der Waals surface area (Å²) in [6.45, 7) is 1.66. The minimum atomic E-state index is -0.783. The number of ether oxygens (including phenoxy) is 1. The third-order valence-electron chi connectivity index (χ3n) is 5.03. The van der Waals surface area contributed by atoms with Gasteiger partial charge in [0, 0.05) is 13.1 Å². The molecule has 5 nitrogen and oxygen atoms in total. The molecule has 1 aromatic rings. The lowest BCUT2D eigenvalue weighted by molar-refractivity contribution is -0.134. The van der Waals surface area contributed by atoms with Crippen molar-refractivity contribution in [3.63, 3.8) is 0 Å². The second-order valence-corrected chi connectivity index (χ2v) is 7.25. The Bertz CT molecular complexity index is 580. The van der Waals surface area contributed by atoms with Gasteiger partial charge in [0.2, 0.25) is 5.91 Å². The molecular weight excluding hydrogens is 292 g/mol. The minimum absolute atomic E-state index is 0.164. The Morgan fingerprint density at radius 2 is 1.91 bits per heavy atom. The van der Waals surface area contributed by atoms with Gasteiger partial charge in [-0.3, -0.25) is 4.79 Å². The molecule has 0 aromatic heterocycles. The number of hydrogen-bond donors (Lipinski definition) is 1. The fourth-order valence-electron chi connectivity index (χ4n) is 3.71. The van der Waals surface area contributed by atoms with E-state index in [9.17, 15) is 9.90 Å². The highest BCUT2D eigenvalue weighted by Gasteiger charge is 2.54. The molecule has 1 atom stereocenters. The van der Waals surface area contributed by atoms with Crippen LogP contribution >= 0.6 is 0 Å². The monoisotopic (exact) mass is 318 g/mol. The van der Waals surface area contributed by atoms with E-state index in [1.165, 1.54) is 0 Å². The fourth-order valence-corrected chi connectivity index (χ4v) is 3.71. The molecule has 5 heteroatoms. The first-order chi connectivity index (χ1) is 10.9. The van der Waals surface area contributed by atoms with Gasteiger partial charge in [-0.25, -0.2) is 0 Å². The van der Waals surface area contributed by atoms with Gasteiger partial charge in [-0.1, -0.05) is 12.1 Å². The average Bonchev–Trinajstić information content (AvgIpc) is 3.24. The van der Waals surface area contributed by atoms with Gasteiger partial charge in [0.15, 0.2) is 0 Å². The maximum atomic E-state index is 13.0. The predicted molar refractivity (Wildman–Crippen MR) is 88.6 cm³/mol. The zero-order chi connectivity index (χ0) is 16.7. The van der Waals surface area contributed by atoms with Crippen molar-refractivity contribution >= 4 is 5.91 Å². The van der Waals surface area contributed by atoms with E-state index in [1.54, 1.807) is 7.11 Å². The maximum absolute atomic E-state index is 13.0.